The van der Waals surface area contributed by atoms with Crippen LogP contribution in [-0.2, 0) is 11.5 Å². The number of thioether (sulfide) groups is 1. The zero-order chi connectivity index (χ0) is 13.0. The minimum absolute atomic E-state index is 0.522. The monoisotopic (exact) mass is 278 g/mol. The molecular formula is C14H15ClN2S. The number of nitrogens with zero attached hydrogens (tertiary/aromatic N) is 2. The molecule has 1 heterocycles. The third-order valence-electron chi connectivity index (χ3n) is 2.45. The van der Waals surface area contributed by atoms with Crippen LogP contribution in [0, 0.1) is 13.8 Å². The molecule has 0 aliphatic heterocycles. The number of hydrogen-bond donors (Lipinski definition) is 0. The normalized spacial score (nSPS) is 10.6. The number of hydrogen-bond acceptors (Lipinski definition) is 3. The molecule has 18 heavy (non-hydrogen) atoms. The van der Waals surface area contributed by atoms with Crippen LogP contribution in [0.5, 0.6) is 0 Å². The Morgan fingerprint density at radius 1 is 1.11 bits per heavy atom. The molecule has 0 amide bonds. The van der Waals surface area contributed by atoms with Gasteiger partial charge in [0.2, 0.25) is 0 Å². The summed E-state index contributed by atoms with van der Waals surface area (Å²) >= 11 is 7.71. The van der Waals surface area contributed by atoms with Crippen molar-refractivity contribution >= 4 is 23.4 Å². The van der Waals surface area contributed by atoms with Gasteiger partial charge >= 0.3 is 0 Å². The van der Waals surface area contributed by atoms with Crippen LogP contribution in [0.3, 0.4) is 0 Å². The van der Waals surface area contributed by atoms with E-state index in [-0.39, 0.29) is 0 Å². The van der Waals surface area contributed by atoms with Crippen molar-refractivity contribution in [3.63, 3.8) is 0 Å². The molecule has 0 N–H and O–H groups in total. The molecule has 0 atom stereocenters. The summed E-state index contributed by atoms with van der Waals surface area (Å²) in [6, 6.07) is 10.3. The van der Waals surface area contributed by atoms with Gasteiger partial charge in [0, 0.05) is 11.4 Å². The summed E-state index contributed by atoms with van der Waals surface area (Å²) in [7, 11) is 0. The minimum atomic E-state index is 0.522. The molecule has 94 valence electrons. The average Bonchev–Trinajstić information content (AvgIpc) is 2.27. The van der Waals surface area contributed by atoms with Crippen molar-refractivity contribution in [1.82, 2.24) is 9.97 Å². The highest BCUT2D eigenvalue weighted by Crippen LogP contribution is 2.18. The molecule has 0 aliphatic rings. The number of rotatable bonds is 4. The molecule has 1 aromatic carbocycles. The standard InChI is InChI=1S/C14H15ClN2S/c1-10-4-3-5-12(6-10)8-18-9-14-16-11(2)7-13(15)17-14/h3-7H,8-9H2,1-2H3. The topological polar surface area (TPSA) is 25.8 Å². The van der Waals surface area contributed by atoms with E-state index >= 15 is 0 Å². The molecule has 0 spiro atoms. The summed E-state index contributed by atoms with van der Waals surface area (Å²) < 4.78 is 0. The third-order valence-corrected chi connectivity index (χ3v) is 3.65. The van der Waals surface area contributed by atoms with E-state index in [1.165, 1.54) is 11.1 Å². The SMILES string of the molecule is Cc1cccc(CSCc2nc(C)cc(Cl)n2)c1. The number of halogens is 1. The highest BCUT2D eigenvalue weighted by molar-refractivity contribution is 7.97. The fraction of sp³-hybridized carbons (Fsp3) is 0.286. The van der Waals surface area contributed by atoms with Crippen molar-refractivity contribution in [1.29, 1.82) is 0 Å². The van der Waals surface area contributed by atoms with Crippen molar-refractivity contribution < 1.29 is 0 Å². The van der Waals surface area contributed by atoms with Crippen molar-refractivity contribution in [2.24, 2.45) is 0 Å². The Morgan fingerprint density at radius 3 is 2.67 bits per heavy atom. The second-order valence-corrected chi connectivity index (χ2v) is 5.60. The van der Waals surface area contributed by atoms with Crippen LogP contribution in [0.25, 0.3) is 0 Å². The summed E-state index contributed by atoms with van der Waals surface area (Å²) in [6.07, 6.45) is 0. The molecule has 0 aliphatic carbocycles. The highest BCUT2D eigenvalue weighted by Gasteiger charge is 2.01. The van der Waals surface area contributed by atoms with Gasteiger partial charge in [0.1, 0.15) is 11.0 Å². The molecule has 0 saturated heterocycles. The van der Waals surface area contributed by atoms with E-state index < -0.39 is 0 Å². The smallest absolute Gasteiger partial charge is 0.140 e. The van der Waals surface area contributed by atoms with Crippen molar-refractivity contribution in [3.8, 4) is 0 Å². The lowest BCUT2D eigenvalue weighted by molar-refractivity contribution is 0.995. The molecule has 2 nitrogen and oxygen atoms in total. The van der Waals surface area contributed by atoms with Gasteiger partial charge in [0.25, 0.3) is 0 Å². The van der Waals surface area contributed by atoms with Gasteiger partial charge in [0.15, 0.2) is 0 Å². The number of aromatic nitrogens is 2. The summed E-state index contributed by atoms with van der Waals surface area (Å²) in [5.41, 5.74) is 3.54. The number of aryl methyl sites for hydroxylation is 2. The van der Waals surface area contributed by atoms with E-state index in [2.05, 4.69) is 41.2 Å². The van der Waals surface area contributed by atoms with Gasteiger partial charge in [-0.1, -0.05) is 41.4 Å². The molecule has 0 saturated carbocycles. The fourth-order valence-electron chi connectivity index (χ4n) is 1.72. The van der Waals surface area contributed by atoms with E-state index in [1.54, 1.807) is 17.8 Å². The fourth-order valence-corrected chi connectivity index (χ4v) is 2.80. The molecule has 1 aromatic heterocycles. The lowest BCUT2D eigenvalue weighted by Crippen LogP contribution is -1.95. The zero-order valence-corrected chi connectivity index (χ0v) is 12.1. The molecule has 0 radical (unpaired) electrons. The lowest BCUT2D eigenvalue weighted by Gasteiger charge is -2.04. The Morgan fingerprint density at radius 2 is 1.94 bits per heavy atom. The Hall–Kier alpha value is -1.06. The third kappa shape index (κ3) is 4.00. The zero-order valence-electron chi connectivity index (χ0n) is 10.5. The largest absolute Gasteiger partial charge is 0.237 e. The Labute approximate surface area is 117 Å². The summed E-state index contributed by atoms with van der Waals surface area (Å²) in [6.45, 7) is 4.04. The van der Waals surface area contributed by atoms with E-state index in [0.717, 1.165) is 23.0 Å². The first-order valence-electron chi connectivity index (χ1n) is 5.77. The molecule has 2 rings (SSSR count). The van der Waals surface area contributed by atoms with Gasteiger partial charge in [-0.3, -0.25) is 0 Å². The molecular weight excluding hydrogens is 264 g/mol. The van der Waals surface area contributed by atoms with E-state index in [1.807, 2.05) is 6.92 Å². The second kappa shape index (κ2) is 6.21. The van der Waals surface area contributed by atoms with Crippen LogP contribution in [-0.4, -0.2) is 9.97 Å². The van der Waals surface area contributed by atoms with Crippen molar-refractivity contribution in [2.45, 2.75) is 25.4 Å². The van der Waals surface area contributed by atoms with Crippen molar-refractivity contribution in [2.75, 3.05) is 0 Å². The molecule has 4 heteroatoms. The maximum atomic E-state index is 5.91. The van der Waals surface area contributed by atoms with Crippen LogP contribution >= 0.6 is 23.4 Å². The summed E-state index contributed by atoms with van der Waals surface area (Å²) in [4.78, 5) is 8.58. The molecule has 2 aromatic rings. The summed E-state index contributed by atoms with van der Waals surface area (Å²) in [5.74, 6) is 2.56. The molecule has 0 unspecified atom stereocenters. The minimum Gasteiger partial charge on any atom is -0.237 e. The van der Waals surface area contributed by atoms with Gasteiger partial charge in [-0.2, -0.15) is 0 Å². The summed E-state index contributed by atoms with van der Waals surface area (Å²) in [5, 5.41) is 0.522. The Bertz CT molecular complexity index is 523. The van der Waals surface area contributed by atoms with Crippen LogP contribution < -0.4 is 0 Å². The van der Waals surface area contributed by atoms with Gasteiger partial charge in [-0.15, -0.1) is 11.8 Å². The van der Waals surface area contributed by atoms with Crippen LogP contribution in [0.4, 0.5) is 0 Å². The van der Waals surface area contributed by atoms with E-state index in [0.29, 0.717) is 5.15 Å². The van der Waals surface area contributed by atoms with Crippen LogP contribution in [0.15, 0.2) is 30.3 Å². The molecule has 0 fully saturated rings. The maximum Gasteiger partial charge on any atom is 0.140 e. The van der Waals surface area contributed by atoms with E-state index in [4.69, 9.17) is 11.6 Å². The van der Waals surface area contributed by atoms with Crippen LogP contribution in [0.2, 0.25) is 5.15 Å². The van der Waals surface area contributed by atoms with Gasteiger partial charge < -0.3 is 0 Å². The first-order valence-corrected chi connectivity index (χ1v) is 7.30. The van der Waals surface area contributed by atoms with Gasteiger partial charge in [0.05, 0.1) is 5.75 Å². The second-order valence-electron chi connectivity index (χ2n) is 4.23. The first kappa shape index (κ1) is 13.4. The molecule has 0 bridgehead atoms. The first-order chi connectivity index (χ1) is 8.63. The number of benzene rings is 1. The Kier molecular flexibility index (Phi) is 4.61. The van der Waals surface area contributed by atoms with Crippen LogP contribution in [0.1, 0.15) is 22.6 Å². The predicted molar refractivity (Wildman–Crippen MR) is 78.0 cm³/mol. The Balaban J connectivity index is 1.92. The van der Waals surface area contributed by atoms with E-state index in [9.17, 15) is 0 Å². The quantitative estimate of drug-likeness (QED) is 0.785. The average molecular weight is 279 g/mol. The lowest BCUT2D eigenvalue weighted by atomic mass is 10.2. The van der Waals surface area contributed by atoms with Gasteiger partial charge in [-0.25, -0.2) is 9.97 Å². The van der Waals surface area contributed by atoms with Crippen molar-refractivity contribution in [3.05, 3.63) is 58.1 Å². The maximum absolute atomic E-state index is 5.91. The predicted octanol–water partition coefficient (Wildman–Crippen LogP) is 4.18. The van der Waals surface area contributed by atoms with Gasteiger partial charge in [-0.05, 0) is 25.5 Å². The highest BCUT2D eigenvalue weighted by atomic mass is 35.5.